The number of hydrogen-bond acceptors (Lipinski definition) is 2. The summed E-state index contributed by atoms with van der Waals surface area (Å²) >= 11 is 13.7. The van der Waals surface area contributed by atoms with E-state index in [0.29, 0.717) is 14.9 Å². The molecule has 5 heteroatoms. The third kappa shape index (κ3) is 2.00. The number of thiophene rings is 1. The van der Waals surface area contributed by atoms with Gasteiger partial charge >= 0.3 is 0 Å². The molecule has 1 aromatic heterocycles. The van der Waals surface area contributed by atoms with E-state index >= 15 is 0 Å². The maximum absolute atomic E-state index is 12.3. The number of benzene rings is 1. The lowest BCUT2D eigenvalue weighted by Gasteiger charge is -2.13. The minimum atomic E-state index is 0.0508. The van der Waals surface area contributed by atoms with E-state index in [0.717, 1.165) is 36.0 Å². The smallest absolute Gasteiger partial charge is 0.265 e. The zero-order chi connectivity index (χ0) is 12.7. The Hall–Kier alpha value is -0.770. The van der Waals surface area contributed by atoms with Crippen LogP contribution in [0.3, 0.4) is 0 Å². The van der Waals surface area contributed by atoms with Crippen molar-refractivity contribution in [1.82, 2.24) is 4.90 Å². The summed E-state index contributed by atoms with van der Waals surface area (Å²) in [6.07, 6.45) is 2.17. The molecule has 1 fully saturated rings. The third-order valence-corrected chi connectivity index (χ3v) is 5.06. The lowest BCUT2D eigenvalue weighted by Crippen LogP contribution is -2.26. The molecule has 3 rings (SSSR count). The molecule has 1 aromatic carbocycles. The van der Waals surface area contributed by atoms with Crippen molar-refractivity contribution in [2.45, 2.75) is 12.8 Å². The lowest BCUT2D eigenvalue weighted by atomic mass is 10.2. The molecule has 1 amide bonds. The van der Waals surface area contributed by atoms with E-state index in [-0.39, 0.29) is 5.91 Å². The highest BCUT2D eigenvalue weighted by Gasteiger charge is 2.24. The summed E-state index contributed by atoms with van der Waals surface area (Å²) in [4.78, 5) is 14.8. The molecular weight excluding hydrogens is 289 g/mol. The van der Waals surface area contributed by atoms with Crippen LogP contribution in [-0.4, -0.2) is 23.9 Å². The van der Waals surface area contributed by atoms with E-state index in [1.807, 2.05) is 17.0 Å². The van der Waals surface area contributed by atoms with Gasteiger partial charge in [0.25, 0.3) is 5.91 Å². The van der Waals surface area contributed by atoms with Gasteiger partial charge < -0.3 is 4.90 Å². The maximum Gasteiger partial charge on any atom is 0.265 e. The standard InChI is InChI=1S/C13H11Cl2NOS/c14-8-3-4-9-10(7-8)18-12(11(9)15)13(17)16-5-1-2-6-16/h3-4,7H,1-2,5-6H2. The Bertz CT molecular complexity index is 617. The minimum absolute atomic E-state index is 0.0508. The van der Waals surface area contributed by atoms with Crippen LogP contribution in [0.4, 0.5) is 0 Å². The molecule has 0 N–H and O–H groups in total. The van der Waals surface area contributed by atoms with Crippen molar-refractivity contribution in [3.8, 4) is 0 Å². The molecule has 2 heterocycles. The van der Waals surface area contributed by atoms with Crippen molar-refractivity contribution in [1.29, 1.82) is 0 Å². The Morgan fingerprint density at radius 3 is 2.67 bits per heavy atom. The first-order chi connectivity index (χ1) is 8.66. The van der Waals surface area contributed by atoms with E-state index in [2.05, 4.69) is 0 Å². The molecule has 1 saturated heterocycles. The van der Waals surface area contributed by atoms with Crippen LogP contribution in [0.1, 0.15) is 22.5 Å². The van der Waals surface area contributed by atoms with E-state index in [9.17, 15) is 4.79 Å². The van der Waals surface area contributed by atoms with E-state index in [1.54, 1.807) is 6.07 Å². The monoisotopic (exact) mass is 299 g/mol. The van der Waals surface area contributed by atoms with Crippen LogP contribution in [0.2, 0.25) is 10.0 Å². The second-order valence-electron chi connectivity index (χ2n) is 4.38. The number of carbonyl (C=O) groups excluding carboxylic acids is 1. The summed E-state index contributed by atoms with van der Waals surface area (Å²) in [5.74, 6) is 0.0508. The Kier molecular flexibility index (Phi) is 3.22. The van der Waals surface area contributed by atoms with Gasteiger partial charge in [-0.25, -0.2) is 0 Å². The number of rotatable bonds is 1. The van der Waals surface area contributed by atoms with E-state index < -0.39 is 0 Å². The third-order valence-electron chi connectivity index (χ3n) is 3.18. The Morgan fingerprint density at radius 1 is 1.22 bits per heavy atom. The molecule has 0 aliphatic carbocycles. The number of nitrogens with zero attached hydrogens (tertiary/aromatic N) is 1. The molecule has 0 spiro atoms. The summed E-state index contributed by atoms with van der Waals surface area (Å²) < 4.78 is 0.968. The molecule has 0 atom stereocenters. The largest absolute Gasteiger partial charge is 0.338 e. The Morgan fingerprint density at radius 2 is 1.94 bits per heavy atom. The van der Waals surface area contributed by atoms with Crippen LogP contribution < -0.4 is 0 Å². The fraction of sp³-hybridized carbons (Fsp3) is 0.308. The minimum Gasteiger partial charge on any atom is -0.338 e. The molecule has 0 radical (unpaired) electrons. The molecule has 1 aliphatic rings. The van der Waals surface area contributed by atoms with E-state index in [4.69, 9.17) is 23.2 Å². The fourth-order valence-electron chi connectivity index (χ4n) is 2.24. The number of hydrogen-bond donors (Lipinski definition) is 0. The first kappa shape index (κ1) is 12.3. The quantitative estimate of drug-likeness (QED) is 0.762. The number of carbonyl (C=O) groups is 1. The van der Waals surface area contributed by atoms with Crippen LogP contribution in [0.15, 0.2) is 18.2 Å². The van der Waals surface area contributed by atoms with Gasteiger partial charge in [0.2, 0.25) is 0 Å². The van der Waals surface area contributed by atoms with E-state index in [1.165, 1.54) is 11.3 Å². The van der Waals surface area contributed by atoms with Crippen LogP contribution in [-0.2, 0) is 0 Å². The van der Waals surface area contributed by atoms with Crippen LogP contribution in [0, 0.1) is 0 Å². The average molecular weight is 300 g/mol. The van der Waals surface area contributed by atoms with Gasteiger partial charge in [-0.2, -0.15) is 0 Å². The molecule has 94 valence electrons. The molecule has 0 unspecified atom stereocenters. The summed E-state index contributed by atoms with van der Waals surface area (Å²) in [6, 6.07) is 5.53. The topological polar surface area (TPSA) is 20.3 Å². The summed E-state index contributed by atoms with van der Waals surface area (Å²) in [5.41, 5.74) is 0. The van der Waals surface area contributed by atoms with Gasteiger partial charge in [0.15, 0.2) is 0 Å². The average Bonchev–Trinajstić information content (AvgIpc) is 2.97. The number of halogens is 2. The first-order valence-corrected chi connectivity index (χ1v) is 7.41. The number of amides is 1. The van der Waals surface area contributed by atoms with Gasteiger partial charge in [0.1, 0.15) is 4.88 Å². The zero-order valence-corrected chi connectivity index (χ0v) is 11.9. The van der Waals surface area contributed by atoms with Crippen molar-refractivity contribution in [2.75, 3.05) is 13.1 Å². The van der Waals surface area contributed by atoms with Crippen LogP contribution >= 0.6 is 34.5 Å². The zero-order valence-electron chi connectivity index (χ0n) is 9.58. The van der Waals surface area contributed by atoms with Crippen molar-refractivity contribution in [3.63, 3.8) is 0 Å². The first-order valence-electron chi connectivity index (χ1n) is 5.83. The Labute approximate surface area is 119 Å². The highest BCUT2D eigenvalue weighted by molar-refractivity contribution is 7.21. The molecule has 0 bridgehead atoms. The predicted octanol–water partition coefficient (Wildman–Crippen LogP) is 4.44. The van der Waals surface area contributed by atoms with Gasteiger partial charge in [0.05, 0.1) is 5.02 Å². The number of likely N-dealkylation sites (tertiary alicyclic amines) is 1. The van der Waals surface area contributed by atoms with Crippen molar-refractivity contribution in [2.24, 2.45) is 0 Å². The van der Waals surface area contributed by atoms with Crippen molar-refractivity contribution < 1.29 is 4.79 Å². The molecule has 18 heavy (non-hydrogen) atoms. The SMILES string of the molecule is O=C(c1sc2cc(Cl)ccc2c1Cl)N1CCCC1. The second kappa shape index (κ2) is 4.72. The van der Waals surface area contributed by atoms with Gasteiger partial charge in [-0.1, -0.05) is 29.3 Å². The van der Waals surface area contributed by atoms with Crippen LogP contribution in [0.5, 0.6) is 0 Å². The second-order valence-corrected chi connectivity index (χ2v) is 6.25. The molecular formula is C13H11Cl2NOS. The highest BCUT2D eigenvalue weighted by Crippen LogP contribution is 2.37. The van der Waals surface area contributed by atoms with Gasteiger partial charge in [0, 0.05) is 28.2 Å². The normalized spacial score (nSPS) is 15.6. The van der Waals surface area contributed by atoms with Crippen LogP contribution in [0.25, 0.3) is 10.1 Å². The molecule has 1 aliphatic heterocycles. The molecule has 2 nitrogen and oxygen atoms in total. The summed E-state index contributed by atoms with van der Waals surface area (Å²) in [5, 5.41) is 2.14. The van der Waals surface area contributed by atoms with Gasteiger partial charge in [-0.15, -0.1) is 11.3 Å². The fourth-order valence-corrected chi connectivity index (χ4v) is 4.00. The molecule has 0 saturated carbocycles. The van der Waals surface area contributed by atoms with Crippen molar-refractivity contribution in [3.05, 3.63) is 33.1 Å². The highest BCUT2D eigenvalue weighted by atomic mass is 35.5. The summed E-state index contributed by atoms with van der Waals surface area (Å²) in [7, 11) is 0. The predicted molar refractivity (Wildman–Crippen MR) is 77.0 cm³/mol. The van der Waals surface area contributed by atoms with Crippen molar-refractivity contribution >= 4 is 50.5 Å². The Balaban J connectivity index is 2.06. The lowest BCUT2D eigenvalue weighted by molar-refractivity contribution is 0.0798. The number of fused-ring (bicyclic) bond motifs is 1. The maximum atomic E-state index is 12.3. The van der Waals surface area contributed by atoms with Gasteiger partial charge in [-0.05, 0) is 25.0 Å². The van der Waals surface area contributed by atoms with Gasteiger partial charge in [-0.3, -0.25) is 4.79 Å². The molecule has 2 aromatic rings. The summed E-state index contributed by atoms with van der Waals surface area (Å²) in [6.45, 7) is 1.67.